The number of carbonyl (C=O) groups excluding carboxylic acids is 2. The van der Waals surface area contributed by atoms with Crippen LogP contribution < -0.4 is 4.90 Å². The first-order valence-electron chi connectivity index (χ1n) is 9.00. The highest BCUT2D eigenvalue weighted by Gasteiger charge is 2.24. The SMILES string of the molecule is CCN(CC)S(=O)(=O)c1ccc(Cl)c(C(=O)OCC(=O)N(C)c2ccccc2)c1. The summed E-state index contributed by atoms with van der Waals surface area (Å²) in [7, 11) is -2.20. The molecule has 0 unspecified atom stereocenters. The molecular weight excluding hydrogens is 416 g/mol. The maximum Gasteiger partial charge on any atom is 0.340 e. The van der Waals surface area contributed by atoms with Gasteiger partial charge < -0.3 is 9.64 Å². The molecule has 156 valence electrons. The van der Waals surface area contributed by atoms with Crippen LogP contribution in [-0.4, -0.2) is 51.3 Å². The van der Waals surface area contributed by atoms with Crippen molar-refractivity contribution in [1.82, 2.24) is 4.31 Å². The molecule has 0 aromatic heterocycles. The fraction of sp³-hybridized carbons (Fsp3) is 0.300. The molecule has 0 radical (unpaired) electrons. The first-order valence-corrected chi connectivity index (χ1v) is 10.8. The van der Waals surface area contributed by atoms with Gasteiger partial charge in [0.25, 0.3) is 5.91 Å². The lowest BCUT2D eigenvalue weighted by Gasteiger charge is -2.19. The van der Waals surface area contributed by atoms with E-state index in [0.29, 0.717) is 18.8 Å². The van der Waals surface area contributed by atoms with Crippen molar-refractivity contribution in [3.63, 3.8) is 0 Å². The van der Waals surface area contributed by atoms with E-state index >= 15 is 0 Å². The number of ether oxygens (including phenoxy) is 1. The zero-order valence-corrected chi connectivity index (χ0v) is 18.0. The molecule has 0 aliphatic rings. The van der Waals surface area contributed by atoms with Gasteiger partial charge in [-0.2, -0.15) is 4.31 Å². The molecule has 2 aromatic rings. The van der Waals surface area contributed by atoms with Crippen LogP contribution in [0.15, 0.2) is 53.4 Å². The van der Waals surface area contributed by atoms with Crippen LogP contribution in [0.1, 0.15) is 24.2 Å². The Morgan fingerprint density at radius 3 is 2.24 bits per heavy atom. The summed E-state index contributed by atoms with van der Waals surface area (Å²) in [6, 6.07) is 12.7. The van der Waals surface area contributed by atoms with E-state index in [1.165, 1.54) is 27.4 Å². The Hall–Kier alpha value is -2.42. The number of sulfonamides is 1. The topological polar surface area (TPSA) is 84.0 Å². The van der Waals surface area contributed by atoms with E-state index in [9.17, 15) is 18.0 Å². The number of benzene rings is 2. The fourth-order valence-corrected chi connectivity index (χ4v) is 4.31. The predicted molar refractivity (Wildman–Crippen MR) is 112 cm³/mol. The average Bonchev–Trinajstić information content (AvgIpc) is 2.72. The van der Waals surface area contributed by atoms with Crippen LogP contribution in [-0.2, 0) is 19.6 Å². The van der Waals surface area contributed by atoms with E-state index in [2.05, 4.69) is 0 Å². The van der Waals surface area contributed by atoms with Crippen molar-refractivity contribution in [2.24, 2.45) is 0 Å². The van der Waals surface area contributed by atoms with E-state index in [-0.39, 0.29) is 15.5 Å². The number of halogens is 1. The second-order valence-electron chi connectivity index (χ2n) is 6.10. The zero-order chi connectivity index (χ0) is 21.6. The minimum Gasteiger partial charge on any atom is -0.452 e. The first-order chi connectivity index (χ1) is 13.7. The van der Waals surface area contributed by atoms with Crippen LogP contribution in [0.2, 0.25) is 5.02 Å². The summed E-state index contributed by atoms with van der Waals surface area (Å²) < 4.78 is 31.7. The lowest BCUT2D eigenvalue weighted by Crippen LogP contribution is -2.31. The Balaban J connectivity index is 2.16. The number of rotatable bonds is 8. The minimum atomic E-state index is -3.76. The highest BCUT2D eigenvalue weighted by atomic mass is 35.5. The second-order valence-corrected chi connectivity index (χ2v) is 8.44. The van der Waals surface area contributed by atoms with Gasteiger partial charge in [-0.25, -0.2) is 13.2 Å². The van der Waals surface area contributed by atoms with Gasteiger partial charge in [-0.05, 0) is 30.3 Å². The molecule has 0 saturated carbocycles. The van der Waals surface area contributed by atoms with Crippen LogP contribution in [0.25, 0.3) is 0 Å². The highest BCUT2D eigenvalue weighted by Crippen LogP contribution is 2.24. The van der Waals surface area contributed by atoms with Crippen molar-refractivity contribution < 1.29 is 22.7 Å². The zero-order valence-electron chi connectivity index (χ0n) is 16.5. The normalized spacial score (nSPS) is 11.3. The predicted octanol–water partition coefficient (Wildman–Crippen LogP) is 3.19. The summed E-state index contributed by atoms with van der Waals surface area (Å²) in [5.41, 5.74) is 0.536. The molecule has 0 aliphatic carbocycles. The number of carbonyl (C=O) groups is 2. The highest BCUT2D eigenvalue weighted by molar-refractivity contribution is 7.89. The molecule has 2 rings (SSSR count). The van der Waals surface area contributed by atoms with Gasteiger partial charge in [-0.3, -0.25) is 4.79 Å². The summed E-state index contributed by atoms with van der Waals surface area (Å²) in [5.74, 6) is -1.31. The van der Waals surface area contributed by atoms with Gasteiger partial charge in [-0.15, -0.1) is 0 Å². The van der Waals surface area contributed by atoms with E-state index in [1.54, 1.807) is 45.2 Å². The molecule has 0 fully saturated rings. The molecule has 1 amide bonds. The van der Waals surface area contributed by atoms with Gasteiger partial charge in [0.15, 0.2) is 6.61 Å². The van der Waals surface area contributed by atoms with Crippen LogP contribution in [0.5, 0.6) is 0 Å². The van der Waals surface area contributed by atoms with Crippen molar-refractivity contribution in [2.75, 3.05) is 31.6 Å². The Labute approximate surface area is 175 Å². The summed E-state index contributed by atoms with van der Waals surface area (Å²) in [4.78, 5) is 26.0. The van der Waals surface area contributed by atoms with Crippen LogP contribution in [0, 0.1) is 0 Å². The number of amides is 1. The molecule has 29 heavy (non-hydrogen) atoms. The van der Waals surface area contributed by atoms with Crippen molar-refractivity contribution >= 4 is 39.2 Å². The largest absolute Gasteiger partial charge is 0.452 e. The minimum absolute atomic E-state index is 0.0392. The van der Waals surface area contributed by atoms with Crippen molar-refractivity contribution in [3.8, 4) is 0 Å². The van der Waals surface area contributed by atoms with Crippen molar-refractivity contribution in [3.05, 3.63) is 59.1 Å². The van der Waals surface area contributed by atoms with Gasteiger partial charge in [0.05, 0.1) is 15.5 Å². The quantitative estimate of drug-likeness (QED) is 0.591. The van der Waals surface area contributed by atoms with E-state index in [1.807, 2.05) is 6.07 Å². The Bertz CT molecular complexity index is 976. The molecule has 7 nitrogen and oxygen atoms in total. The van der Waals surface area contributed by atoms with Crippen LogP contribution in [0.4, 0.5) is 5.69 Å². The monoisotopic (exact) mass is 438 g/mol. The molecule has 0 atom stereocenters. The standard InChI is InChI=1S/C20H23ClN2O5S/c1-4-23(5-2)29(26,27)16-11-12-18(21)17(13-16)20(25)28-14-19(24)22(3)15-9-7-6-8-10-15/h6-13H,4-5,14H2,1-3H3. The lowest BCUT2D eigenvalue weighted by molar-refractivity contribution is -0.121. The number of anilines is 1. The molecular formula is C20H23ClN2O5S. The number of hydrogen-bond donors (Lipinski definition) is 0. The van der Waals surface area contributed by atoms with Gasteiger partial charge in [0.1, 0.15) is 0 Å². The third kappa shape index (κ3) is 5.35. The van der Waals surface area contributed by atoms with Crippen LogP contribution in [0.3, 0.4) is 0 Å². The Morgan fingerprint density at radius 2 is 1.66 bits per heavy atom. The van der Waals surface area contributed by atoms with E-state index in [4.69, 9.17) is 16.3 Å². The summed E-state index contributed by atoms with van der Waals surface area (Å²) in [6.45, 7) is 3.53. The van der Waals surface area contributed by atoms with Gasteiger partial charge >= 0.3 is 5.97 Å². The summed E-state index contributed by atoms with van der Waals surface area (Å²) in [5, 5.41) is 0.0392. The number of esters is 1. The number of para-hydroxylation sites is 1. The van der Waals surface area contributed by atoms with Gasteiger partial charge in [0, 0.05) is 25.8 Å². The van der Waals surface area contributed by atoms with Crippen LogP contribution >= 0.6 is 11.6 Å². The van der Waals surface area contributed by atoms with Crippen molar-refractivity contribution in [1.29, 1.82) is 0 Å². The molecule has 0 saturated heterocycles. The Kier molecular flexibility index (Phi) is 7.78. The van der Waals surface area contributed by atoms with Gasteiger partial charge in [-0.1, -0.05) is 43.6 Å². The third-order valence-corrected chi connectivity index (χ3v) is 6.72. The maximum absolute atomic E-state index is 12.7. The number of nitrogens with zero attached hydrogens (tertiary/aromatic N) is 2. The number of likely N-dealkylation sites (N-methyl/N-ethyl adjacent to an activating group) is 1. The molecule has 0 bridgehead atoms. The first kappa shape index (κ1) is 22.9. The van der Waals surface area contributed by atoms with E-state index < -0.39 is 28.5 Å². The van der Waals surface area contributed by atoms with E-state index in [0.717, 1.165) is 0 Å². The van der Waals surface area contributed by atoms with Gasteiger partial charge in [0.2, 0.25) is 10.0 Å². The summed E-state index contributed by atoms with van der Waals surface area (Å²) >= 11 is 6.06. The second kappa shape index (κ2) is 9.87. The molecule has 0 heterocycles. The third-order valence-electron chi connectivity index (χ3n) is 4.35. The number of hydrogen-bond acceptors (Lipinski definition) is 5. The average molecular weight is 439 g/mol. The molecule has 9 heteroatoms. The summed E-state index contributed by atoms with van der Waals surface area (Å²) in [6.07, 6.45) is 0. The van der Waals surface area contributed by atoms with Crippen molar-refractivity contribution in [2.45, 2.75) is 18.7 Å². The molecule has 0 aliphatic heterocycles. The fourth-order valence-electron chi connectivity index (χ4n) is 2.63. The Morgan fingerprint density at radius 1 is 1.03 bits per heavy atom. The lowest BCUT2D eigenvalue weighted by atomic mass is 10.2. The molecule has 0 N–H and O–H groups in total. The molecule has 2 aromatic carbocycles. The smallest absolute Gasteiger partial charge is 0.340 e. The maximum atomic E-state index is 12.7. The molecule has 0 spiro atoms.